The molecule has 0 spiro atoms. The molecule has 13 N–H and O–H groups in total. The van der Waals surface area contributed by atoms with Gasteiger partial charge >= 0.3 is 23.5 Å². The summed E-state index contributed by atoms with van der Waals surface area (Å²) in [5, 5.41) is 27.3. The molecule has 0 radical (unpaired) electrons. The van der Waals surface area contributed by atoms with E-state index in [1.165, 1.54) is 37.2 Å². The Morgan fingerprint density at radius 3 is 2.43 bits per heavy atom. The highest BCUT2D eigenvalue weighted by atomic mass is 32.2. The predicted octanol–water partition coefficient (Wildman–Crippen LogP) is 0.354. The van der Waals surface area contributed by atoms with Gasteiger partial charge < -0.3 is 61.6 Å². The minimum atomic E-state index is -5.56. The maximum Gasteiger partial charge on any atom is 0.481 e. The van der Waals surface area contributed by atoms with Gasteiger partial charge in [-0.25, -0.2) is 28.6 Å². The lowest BCUT2D eigenvalue weighted by molar-refractivity contribution is -0.137. The van der Waals surface area contributed by atoms with Crippen molar-refractivity contribution in [2.45, 2.75) is 64.3 Å². The summed E-state index contributed by atoms with van der Waals surface area (Å²) in [6.45, 7) is 2.61. The molecule has 30 heteroatoms. The number of thioether (sulfide) groups is 1. The van der Waals surface area contributed by atoms with E-state index < -0.39 is 84.6 Å². The van der Waals surface area contributed by atoms with Gasteiger partial charge in [-0.15, -0.1) is 0 Å². The molecule has 0 bridgehead atoms. The van der Waals surface area contributed by atoms with Gasteiger partial charge in [0.05, 0.1) is 19.5 Å². The zero-order chi connectivity index (χ0) is 46.8. The van der Waals surface area contributed by atoms with Crippen LogP contribution in [0.25, 0.3) is 22.1 Å². The van der Waals surface area contributed by atoms with Gasteiger partial charge in [0.1, 0.15) is 36.3 Å². The Balaban J connectivity index is 0.000000617. The molecule has 1 fully saturated rings. The van der Waals surface area contributed by atoms with E-state index in [1.54, 1.807) is 0 Å². The Morgan fingerprint density at radius 1 is 1.05 bits per heavy atom. The van der Waals surface area contributed by atoms with Crippen LogP contribution in [0.4, 0.5) is 5.82 Å². The number of benzene rings is 1. The summed E-state index contributed by atoms with van der Waals surface area (Å²) in [5.74, 6) is -1.08. The van der Waals surface area contributed by atoms with Gasteiger partial charge in [-0.1, -0.05) is 43.8 Å². The average Bonchev–Trinajstić information content (AvgIpc) is 3.90. The van der Waals surface area contributed by atoms with Crippen molar-refractivity contribution in [2.75, 3.05) is 44.3 Å². The number of hydrogen-bond acceptors (Lipinski definition) is 19. The monoisotopic (exact) mass is 969 g/mol. The number of amides is 2. The van der Waals surface area contributed by atoms with Crippen LogP contribution < -0.4 is 22.1 Å². The van der Waals surface area contributed by atoms with E-state index >= 15 is 0 Å². The van der Waals surface area contributed by atoms with E-state index in [0.717, 1.165) is 35.4 Å². The number of carbonyl (C=O) groups excluding carboxylic acids is 3. The number of nitrogen functional groups attached to an aromatic ring is 1. The van der Waals surface area contributed by atoms with Crippen LogP contribution in [0.1, 0.15) is 39.0 Å². The number of aliphatic hydroxyl groups excluding tert-OH is 2. The molecule has 0 aliphatic carbocycles. The lowest BCUT2D eigenvalue weighted by Gasteiger charge is -2.30. The maximum absolute atomic E-state index is 12.6. The molecular formula is C33H50N9O17P3S. The minimum Gasteiger partial charge on any atom is -0.386 e. The Bertz CT molecular complexity index is 2350. The second kappa shape index (κ2) is 22.5. The first-order valence-electron chi connectivity index (χ1n) is 18.7. The van der Waals surface area contributed by atoms with Crippen LogP contribution in [-0.4, -0.2) is 134 Å². The summed E-state index contributed by atoms with van der Waals surface area (Å²) < 4.78 is 61.8. The van der Waals surface area contributed by atoms with Crippen LogP contribution >= 0.6 is 35.2 Å². The Morgan fingerprint density at radius 2 is 1.75 bits per heavy atom. The van der Waals surface area contributed by atoms with Crippen LogP contribution in [-0.2, 0) is 57.1 Å². The summed E-state index contributed by atoms with van der Waals surface area (Å²) in [6, 6.07) is 8.29. The standard InChI is InChI=1S/C23H38N7O17P3S.C10H12N2/c1-12(31)51-7-6-25-14(32)4-5-26-21(35)18(34)23(2,3)9-44-50(41,42)47-49(39,40)43-8-13-17(46-48(36,37)38)16(33)22(45-13)30-11-29-15-19(24)27-10-28-20(15)30;11-6-5-8-7-12-10-4-2-1-3-9(8)10/h10-11,13,16-18,22,33-34H,4-9H2,1-3H3,(H,25,32)(H,26,35)(H,39,40)(H,41,42)(H2,24,27,28)(H2,36,37,38);1-4,7,12H,5-6,11H2/t13-,16-,17-,18+,22-;/m1./s1. The van der Waals surface area contributed by atoms with Crippen molar-refractivity contribution in [2.24, 2.45) is 11.1 Å². The zero-order valence-electron chi connectivity index (χ0n) is 34.0. The van der Waals surface area contributed by atoms with Crippen LogP contribution in [0.3, 0.4) is 0 Å². The molecule has 2 unspecified atom stereocenters. The highest BCUT2D eigenvalue weighted by molar-refractivity contribution is 8.13. The molecule has 1 aliphatic heterocycles. The number of nitrogens with zero attached hydrogens (tertiary/aromatic N) is 4. The fraction of sp³-hybridized carbons (Fsp3) is 0.515. The number of hydrogen-bond donors (Lipinski definition) is 11. The van der Waals surface area contributed by atoms with Crippen molar-refractivity contribution in [1.29, 1.82) is 0 Å². The summed E-state index contributed by atoms with van der Waals surface area (Å²) in [6.07, 6.45) is -3.89. The van der Waals surface area contributed by atoms with E-state index in [1.807, 2.05) is 12.3 Å². The Labute approximate surface area is 363 Å². The third-order valence-electron chi connectivity index (χ3n) is 8.90. The number of H-pyrrole nitrogens is 1. The second-order valence-electron chi connectivity index (χ2n) is 14.3. The van der Waals surface area contributed by atoms with Crippen molar-refractivity contribution in [3.8, 4) is 0 Å². The number of nitrogens with two attached hydrogens (primary N) is 2. The molecule has 3 aromatic heterocycles. The lowest BCUT2D eigenvalue weighted by Crippen LogP contribution is -2.46. The van der Waals surface area contributed by atoms with Gasteiger partial charge in [0.25, 0.3) is 0 Å². The molecule has 63 heavy (non-hydrogen) atoms. The number of aromatic nitrogens is 5. The molecule has 7 atom stereocenters. The van der Waals surface area contributed by atoms with E-state index in [0.29, 0.717) is 12.3 Å². The quantitative estimate of drug-likeness (QED) is 0.0396. The fourth-order valence-electron chi connectivity index (χ4n) is 5.82. The largest absolute Gasteiger partial charge is 0.481 e. The third kappa shape index (κ3) is 15.5. The Hall–Kier alpha value is -3.72. The highest BCUT2D eigenvalue weighted by Crippen LogP contribution is 2.61. The first-order chi connectivity index (χ1) is 29.4. The normalized spacial score (nSPS) is 20.3. The van der Waals surface area contributed by atoms with Crippen LogP contribution in [0, 0.1) is 5.41 Å². The molecule has 1 saturated heterocycles. The number of ether oxygens (including phenoxy) is 1. The molecule has 0 saturated carbocycles. The van der Waals surface area contributed by atoms with Gasteiger partial charge in [0, 0.05) is 54.7 Å². The maximum atomic E-state index is 12.6. The number of phosphoric ester groups is 3. The van der Waals surface area contributed by atoms with Crippen molar-refractivity contribution in [3.63, 3.8) is 0 Å². The van der Waals surface area contributed by atoms with Crippen molar-refractivity contribution in [1.82, 2.24) is 35.1 Å². The summed E-state index contributed by atoms with van der Waals surface area (Å²) in [4.78, 5) is 89.1. The zero-order valence-corrected chi connectivity index (χ0v) is 37.5. The molecule has 26 nitrogen and oxygen atoms in total. The minimum absolute atomic E-state index is 0.0310. The van der Waals surface area contributed by atoms with Gasteiger partial charge in [-0.05, 0) is 24.6 Å². The van der Waals surface area contributed by atoms with Gasteiger partial charge in [-0.2, -0.15) is 4.31 Å². The van der Waals surface area contributed by atoms with Crippen LogP contribution in [0.5, 0.6) is 0 Å². The number of imidazole rings is 1. The smallest absolute Gasteiger partial charge is 0.386 e. The van der Waals surface area contributed by atoms with Crippen LogP contribution in [0.2, 0.25) is 0 Å². The number of phosphoric acid groups is 3. The molecule has 4 heterocycles. The average molecular weight is 970 g/mol. The fourth-order valence-corrected chi connectivity index (χ4v) is 9.14. The third-order valence-corrected chi connectivity index (χ3v) is 12.8. The molecular weight excluding hydrogens is 919 g/mol. The van der Waals surface area contributed by atoms with E-state index in [2.05, 4.69) is 57.6 Å². The number of nitrogens with one attached hydrogen (secondary N) is 3. The number of aromatic amines is 1. The van der Waals surface area contributed by atoms with Crippen molar-refractivity contribution < 1.29 is 80.5 Å². The molecule has 350 valence electrons. The molecule has 2 amide bonds. The number of anilines is 1. The second-order valence-corrected chi connectivity index (χ2v) is 19.8. The number of para-hydroxylation sites is 1. The number of carbonyl (C=O) groups is 3. The van der Waals surface area contributed by atoms with E-state index in [-0.39, 0.29) is 41.6 Å². The SMILES string of the molecule is CC(=O)SCCNC(=O)CCNC(=O)[C@H](O)C(C)(C)COP(=O)(O)OP(=O)(O)OC[C@H]1O[C@@H](n2cnc3c(N)ncnc32)[C@H](O)[C@@H]1OP(=O)(O)O.NCCc1c[nH]c2ccccc12. The van der Waals surface area contributed by atoms with E-state index in [9.17, 15) is 57.9 Å². The highest BCUT2D eigenvalue weighted by Gasteiger charge is 2.50. The molecule has 5 rings (SSSR count). The van der Waals surface area contributed by atoms with Crippen molar-refractivity contribution in [3.05, 3.63) is 48.7 Å². The van der Waals surface area contributed by atoms with Gasteiger partial charge in [-0.3, -0.25) is 32.5 Å². The van der Waals surface area contributed by atoms with Crippen molar-refractivity contribution >= 4 is 80.0 Å². The first-order valence-corrected chi connectivity index (χ1v) is 24.2. The molecule has 4 aromatic rings. The van der Waals surface area contributed by atoms with Gasteiger partial charge in [0.2, 0.25) is 11.8 Å². The topological polar surface area (TPSA) is 405 Å². The number of aliphatic hydroxyl groups is 2. The predicted molar refractivity (Wildman–Crippen MR) is 224 cm³/mol. The summed E-state index contributed by atoms with van der Waals surface area (Å²) in [7, 11) is -16.4. The first kappa shape index (κ1) is 51.9. The number of fused-ring (bicyclic) bond motifs is 2. The summed E-state index contributed by atoms with van der Waals surface area (Å²) >= 11 is 1.03. The Kier molecular flexibility index (Phi) is 18.5. The molecule has 1 aliphatic rings. The van der Waals surface area contributed by atoms with Crippen LogP contribution in [0.15, 0.2) is 43.1 Å². The molecule has 1 aromatic carbocycles. The number of rotatable bonds is 21. The summed E-state index contributed by atoms with van der Waals surface area (Å²) in [5.41, 5.74) is 12.3. The lowest BCUT2D eigenvalue weighted by atomic mass is 9.87. The van der Waals surface area contributed by atoms with Gasteiger partial charge in [0.15, 0.2) is 22.8 Å². The van der Waals surface area contributed by atoms with E-state index in [4.69, 9.17) is 25.3 Å².